The van der Waals surface area contributed by atoms with Gasteiger partial charge in [0.1, 0.15) is 12.4 Å². The summed E-state index contributed by atoms with van der Waals surface area (Å²) in [6, 6.07) is 14.0. The first kappa shape index (κ1) is 13.9. The highest BCUT2D eigenvalue weighted by Crippen LogP contribution is 2.22. The number of hydrogen-bond acceptors (Lipinski definition) is 2. The largest absolute Gasteiger partial charge is 0.489 e. The minimum absolute atomic E-state index is 0.486. The third kappa shape index (κ3) is 3.74. The lowest BCUT2D eigenvalue weighted by Crippen LogP contribution is -2.00. The van der Waals surface area contributed by atoms with Gasteiger partial charge in [0.15, 0.2) is 0 Å². The smallest absolute Gasteiger partial charge is 0.119 e. The van der Waals surface area contributed by atoms with Crippen LogP contribution in [0.5, 0.6) is 5.75 Å². The molecule has 0 spiro atoms. The average molecular weight is 320 g/mol. The van der Waals surface area contributed by atoms with Gasteiger partial charge < -0.3 is 10.5 Å². The fraction of sp³-hybridized carbons (Fsp3) is 0.250. The van der Waals surface area contributed by atoms with Crippen LogP contribution >= 0.6 is 15.9 Å². The molecule has 0 aliphatic heterocycles. The van der Waals surface area contributed by atoms with Gasteiger partial charge in [-0.05, 0) is 35.7 Å². The van der Waals surface area contributed by atoms with E-state index in [0.29, 0.717) is 12.5 Å². The summed E-state index contributed by atoms with van der Waals surface area (Å²) >= 11 is 3.39. The zero-order valence-corrected chi connectivity index (χ0v) is 12.8. The molecule has 0 bridgehead atoms. The van der Waals surface area contributed by atoms with Gasteiger partial charge in [-0.3, -0.25) is 0 Å². The van der Waals surface area contributed by atoms with Crippen LogP contribution in [-0.2, 0) is 6.61 Å². The molecule has 0 radical (unpaired) electrons. The first-order chi connectivity index (χ1) is 9.06. The lowest BCUT2D eigenvalue weighted by Gasteiger charge is -2.10. The summed E-state index contributed by atoms with van der Waals surface area (Å²) in [4.78, 5) is 0. The number of benzene rings is 2. The topological polar surface area (TPSA) is 35.2 Å². The molecule has 0 aliphatic rings. The molecule has 2 aromatic carbocycles. The number of nitrogens with two attached hydrogens (primary N) is 1. The van der Waals surface area contributed by atoms with Gasteiger partial charge in [0.05, 0.1) is 0 Å². The fourth-order valence-corrected chi connectivity index (χ4v) is 2.19. The van der Waals surface area contributed by atoms with Crippen molar-refractivity contribution in [3.05, 3.63) is 58.1 Å². The molecule has 100 valence electrons. The summed E-state index contributed by atoms with van der Waals surface area (Å²) in [5, 5.41) is 0. The van der Waals surface area contributed by atoms with Crippen molar-refractivity contribution in [2.45, 2.75) is 26.4 Å². The molecular formula is C16H18BrNO. The number of rotatable bonds is 4. The normalized spacial score (nSPS) is 10.7. The second-order valence-corrected chi connectivity index (χ2v) is 5.77. The Bertz CT molecular complexity index is 549. The highest BCUT2D eigenvalue weighted by atomic mass is 79.9. The minimum atomic E-state index is 0.486. The molecule has 2 rings (SSSR count). The van der Waals surface area contributed by atoms with E-state index in [0.717, 1.165) is 21.5 Å². The van der Waals surface area contributed by atoms with Crippen LogP contribution in [0.25, 0.3) is 0 Å². The van der Waals surface area contributed by atoms with E-state index in [9.17, 15) is 0 Å². The Labute approximate surface area is 122 Å². The Morgan fingerprint density at radius 2 is 1.79 bits per heavy atom. The van der Waals surface area contributed by atoms with Gasteiger partial charge in [0.25, 0.3) is 0 Å². The van der Waals surface area contributed by atoms with E-state index >= 15 is 0 Å². The summed E-state index contributed by atoms with van der Waals surface area (Å²) in [6.07, 6.45) is 0. The van der Waals surface area contributed by atoms with Crippen molar-refractivity contribution in [2.75, 3.05) is 5.73 Å². The van der Waals surface area contributed by atoms with E-state index in [1.807, 2.05) is 30.3 Å². The van der Waals surface area contributed by atoms with Crippen LogP contribution in [0.1, 0.15) is 30.9 Å². The maximum Gasteiger partial charge on any atom is 0.119 e. The van der Waals surface area contributed by atoms with Crippen LogP contribution in [-0.4, -0.2) is 0 Å². The van der Waals surface area contributed by atoms with Crippen molar-refractivity contribution >= 4 is 21.6 Å². The number of nitrogen functional groups attached to an aromatic ring is 1. The number of halogens is 1. The molecule has 2 N–H and O–H groups in total. The zero-order valence-electron chi connectivity index (χ0n) is 11.2. The molecule has 0 saturated heterocycles. The monoisotopic (exact) mass is 319 g/mol. The predicted molar refractivity (Wildman–Crippen MR) is 83.4 cm³/mol. The number of hydrogen-bond donors (Lipinski definition) is 1. The van der Waals surface area contributed by atoms with Crippen LogP contribution < -0.4 is 10.5 Å². The molecule has 0 atom stereocenters. The first-order valence-electron chi connectivity index (χ1n) is 6.33. The van der Waals surface area contributed by atoms with Gasteiger partial charge in [-0.1, -0.05) is 48.0 Å². The summed E-state index contributed by atoms with van der Waals surface area (Å²) < 4.78 is 6.73. The van der Waals surface area contributed by atoms with E-state index in [1.54, 1.807) is 0 Å². The fourth-order valence-electron chi connectivity index (χ4n) is 1.81. The van der Waals surface area contributed by atoms with Crippen LogP contribution in [0, 0.1) is 0 Å². The van der Waals surface area contributed by atoms with E-state index in [-0.39, 0.29) is 0 Å². The second kappa shape index (κ2) is 6.11. The molecule has 2 aromatic rings. The third-order valence-corrected chi connectivity index (χ3v) is 3.54. The summed E-state index contributed by atoms with van der Waals surface area (Å²) in [7, 11) is 0. The molecule has 0 fully saturated rings. The van der Waals surface area contributed by atoms with E-state index in [1.165, 1.54) is 5.56 Å². The van der Waals surface area contributed by atoms with E-state index in [4.69, 9.17) is 10.5 Å². The van der Waals surface area contributed by atoms with Crippen molar-refractivity contribution in [1.82, 2.24) is 0 Å². The van der Waals surface area contributed by atoms with Gasteiger partial charge in [0.2, 0.25) is 0 Å². The molecule has 0 aromatic heterocycles. The van der Waals surface area contributed by atoms with Crippen LogP contribution in [0.15, 0.2) is 46.9 Å². The Kier molecular flexibility index (Phi) is 4.48. The first-order valence-corrected chi connectivity index (χ1v) is 7.12. The molecule has 0 saturated carbocycles. The minimum Gasteiger partial charge on any atom is -0.489 e. The van der Waals surface area contributed by atoms with Gasteiger partial charge in [-0.2, -0.15) is 0 Å². The lowest BCUT2D eigenvalue weighted by molar-refractivity contribution is 0.307. The van der Waals surface area contributed by atoms with E-state index < -0.39 is 0 Å². The molecule has 2 nitrogen and oxygen atoms in total. The predicted octanol–water partition coefficient (Wildman–Crippen LogP) is 4.73. The molecular weight excluding hydrogens is 302 g/mol. The van der Waals surface area contributed by atoms with Crippen LogP contribution in [0.3, 0.4) is 0 Å². The molecule has 0 heterocycles. The maximum absolute atomic E-state index is 5.94. The summed E-state index contributed by atoms with van der Waals surface area (Å²) in [6.45, 7) is 4.84. The van der Waals surface area contributed by atoms with Gasteiger partial charge in [0, 0.05) is 15.7 Å². The molecule has 0 amide bonds. The third-order valence-electron chi connectivity index (χ3n) is 3.05. The van der Waals surface area contributed by atoms with Crippen LogP contribution in [0.2, 0.25) is 0 Å². The van der Waals surface area contributed by atoms with Gasteiger partial charge >= 0.3 is 0 Å². The Hall–Kier alpha value is -1.48. The van der Waals surface area contributed by atoms with Crippen LogP contribution in [0.4, 0.5) is 5.69 Å². The molecule has 3 heteroatoms. The summed E-state index contributed by atoms with van der Waals surface area (Å²) in [5.41, 5.74) is 8.99. The number of anilines is 1. The van der Waals surface area contributed by atoms with Crippen molar-refractivity contribution < 1.29 is 4.74 Å². The Balaban J connectivity index is 2.02. The Morgan fingerprint density at radius 3 is 2.37 bits per heavy atom. The average Bonchev–Trinajstić information content (AvgIpc) is 2.38. The zero-order chi connectivity index (χ0) is 13.8. The van der Waals surface area contributed by atoms with Crippen molar-refractivity contribution in [3.63, 3.8) is 0 Å². The molecule has 0 unspecified atom stereocenters. The lowest BCUT2D eigenvalue weighted by atomic mass is 10.0. The van der Waals surface area contributed by atoms with E-state index in [2.05, 4.69) is 41.9 Å². The Morgan fingerprint density at radius 1 is 1.11 bits per heavy atom. The van der Waals surface area contributed by atoms with Crippen molar-refractivity contribution in [3.8, 4) is 5.75 Å². The summed E-state index contributed by atoms with van der Waals surface area (Å²) in [5.74, 6) is 1.41. The highest BCUT2D eigenvalue weighted by molar-refractivity contribution is 9.10. The maximum atomic E-state index is 5.94. The second-order valence-electron chi connectivity index (χ2n) is 4.86. The highest BCUT2D eigenvalue weighted by Gasteiger charge is 2.03. The quantitative estimate of drug-likeness (QED) is 0.826. The molecule has 0 aliphatic carbocycles. The van der Waals surface area contributed by atoms with Gasteiger partial charge in [-0.15, -0.1) is 0 Å². The van der Waals surface area contributed by atoms with Crippen molar-refractivity contribution in [2.24, 2.45) is 0 Å². The van der Waals surface area contributed by atoms with Crippen molar-refractivity contribution in [1.29, 1.82) is 0 Å². The number of ether oxygens (including phenoxy) is 1. The molecule has 19 heavy (non-hydrogen) atoms. The SMILES string of the molecule is CC(C)c1ccc(OCc2ccc(Br)cc2N)cc1. The van der Waals surface area contributed by atoms with Gasteiger partial charge in [-0.25, -0.2) is 0 Å². The standard InChI is InChI=1S/C16H18BrNO/c1-11(2)12-4-7-15(8-5-12)19-10-13-3-6-14(17)9-16(13)18/h3-9,11H,10,18H2,1-2H3.